The zero-order chi connectivity index (χ0) is 8.39. The summed E-state index contributed by atoms with van der Waals surface area (Å²) in [5.41, 5.74) is 0. The van der Waals surface area contributed by atoms with Crippen molar-refractivity contribution in [1.29, 1.82) is 0 Å². The number of halogens is 1. The van der Waals surface area contributed by atoms with Crippen LogP contribution in [0, 0.1) is 0 Å². The van der Waals surface area contributed by atoms with E-state index in [2.05, 4.69) is 26.2 Å². The smallest absolute Gasteiger partial charge is 0.200 e. The molecule has 0 radical (unpaired) electrons. The van der Waals surface area contributed by atoms with Gasteiger partial charge < -0.3 is 9.73 Å². The second kappa shape index (κ2) is 3.58. The Morgan fingerprint density at radius 2 is 2.58 bits per heavy atom. The first-order chi connectivity index (χ1) is 5.86. The molecule has 1 aliphatic heterocycles. The molecule has 3 nitrogen and oxygen atoms in total. The summed E-state index contributed by atoms with van der Waals surface area (Å²) in [6.07, 6.45) is 4.11. The highest BCUT2D eigenvalue weighted by Crippen LogP contribution is 2.24. The minimum Gasteiger partial charge on any atom is -0.434 e. The van der Waals surface area contributed by atoms with E-state index in [4.69, 9.17) is 4.42 Å². The lowest BCUT2D eigenvalue weighted by molar-refractivity contribution is 0.369. The molecule has 1 unspecified atom stereocenters. The maximum Gasteiger partial charge on any atom is 0.200 e. The molecule has 12 heavy (non-hydrogen) atoms. The summed E-state index contributed by atoms with van der Waals surface area (Å²) in [4.78, 5) is 4.19. The average Bonchev–Trinajstić information content (AvgIpc) is 2.54. The van der Waals surface area contributed by atoms with Crippen LogP contribution in [-0.4, -0.2) is 18.1 Å². The summed E-state index contributed by atoms with van der Waals surface area (Å²) < 4.78 is 6.11. The predicted octanol–water partition coefficient (Wildman–Crippen LogP) is 1.90. The molecule has 1 saturated heterocycles. The first-order valence-corrected chi connectivity index (χ1v) is 4.97. The number of oxazole rings is 1. The predicted molar refractivity (Wildman–Crippen MR) is 49.0 cm³/mol. The molecule has 1 N–H and O–H groups in total. The molecule has 1 aromatic heterocycles. The maximum atomic E-state index is 5.39. The van der Waals surface area contributed by atoms with E-state index in [-0.39, 0.29) is 0 Å². The third-order valence-corrected chi connectivity index (χ3v) is 2.51. The van der Waals surface area contributed by atoms with Crippen LogP contribution in [0.4, 0.5) is 0 Å². The van der Waals surface area contributed by atoms with E-state index in [1.807, 2.05) is 0 Å². The summed E-state index contributed by atoms with van der Waals surface area (Å²) in [5.74, 6) is 1.32. The minimum absolute atomic E-state index is 0.463. The van der Waals surface area contributed by atoms with Gasteiger partial charge in [0.15, 0.2) is 10.6 Å². The van der Waals surface area contributed by atoms with Crippen LogP contribution in [0.15, 0.2) is 15.3 Å². The van der Waals surface area contributed by atoms with E-state index in [0.717, 1.165) is 23.6 Å². The largest absolute Gasteiger partial charge is 0.434 e. The quantitative estimate of drug-likeness (QED) is 0.802. The first-order valence-electron chi connectivity index (χ1n) is 4.18. The number of rotatable bonds is 1. The number of piperidine rings is 1. The lowest BCUT2D eigenvalue weighted by Crippen LogP contribution is -2.28. The van der Waals surface area contributed by atoms with Crippen LogP contribution in [0.5, 0.6) is 0 Å². The Morgan fingerprint density at radius 1 is 1.67 bits per heavy atom. The SMILES string of the molecule is Brc1cnc(C2CCCNC2)o1. The van der Waals surface area contributed by atoms with Crippen LogP contribution in [-0.2, 0) is 0 Å². The molecule has 0 amide bonds. The molecule has 0 aromatic carbocycles. The molecule has 0 saturated carbocycles. The Kier molecular flexibility index (Phi) is 2.46. The Balaban J connectivity index is 2.08. The molecule has 0 aliphatic carbocycles. The van der Waals surface area contributed by atoms with E-state index in [1.54, 1.807) is 6.20 Å². The normalized spacial score (nSPS) is 24.2. The molecular weight excluding hydrogens is 220 g/mol. The molecule has 2 heterocycles. The maximum absolute atomic E-state index is 5.39. The summed E-state index contributed by atoms with van der Waals surface area (Å²) in [6.45, 7) is 2.12. The van der Waals surface area contributed by atoms with Crippen LogP contribution in [0.2, 0.25) is 0 Å². The Labute approximate surface area is 79.7 Å². The number of hydrogen-bond acceptors (Lipinski definition) is 3. The molecule has 1 aromatic rings. The first kappa shape index (κ1) is 8.26. The Hall–Kier alpha value is -0.350. The van der Waals surface area contributed by atoms with Gasteiger partial charge in [-0.2, -0.15) is 0 Å². The summed E-state index contributed by atoms with van der Waals surface area (Å²) in [5, 5.41) is 3.33. The second-order valence-corrected chi connectivity index (χ2v) is 3.83. The van der Waals surface area contributed by atoms with Crippen molar-refractivity contribution in [2.45, 2.75) is 18.8 Å². The van der Waals surface area contributed by atoms with Crippen molar-refractivity contribution in [3.63, 3.8) is 0 Å². The number of aromatic nitrogens is 1. The third-order valence-electron chi connectivity index (χ3n) is 2.14. The highest BCUT2D eigenvalue weighted by molar-refractivity contribution is 9.10. The summed E-state index contributed by atoms with van der Waals surface area (Å²) in [7, 11) is 0. The molecule has 1 aliphatic rings. The van der Waals surface area contributed by atoms with Gasteiger partial charge in [0, 0.05) is 12.5 Å². The van der Waals surface area contributed by atoms with Crippen LogP contribution in [0.25, 0.3) is 0 Å². The monoisotopic (exact) mass is 230 g/mol. The highest BCUT2D eigenvalue weighted by atomic mass is 79.9. The van der Waals surface area contributed by atoms with Crippen LogP contribution >= 0.6 is 15.9 Å². The lowest BCUT2D eigenvalue weighted by atomic mass is 10.00. The average molecular weight is 231 g/mol. The van der Waals surface area contributed by atoms with Crippen molar-refractivity contribution in [2.24, 2.45) is 0 Å². The molecule has 0 spiro atoms. The topological polar surface area (TPSA) is 38.1 Å². The zero-order valence-electron chi connectivity index (χ0n) is 6.72. The van der Waals surface area contributed by atoms with Crippen molar-refractivity contribution >= 4 is 15.9 Å². The number of nitrogens with zero attached hydrogens (tertiary/aromatic N) is 1. The van der Waals surface area contributed by atoms with Gasteiger partial charge in [-0.25, -0.2) is 4.98 Å². The van der Waals surface area contributed by atoms with Gasteiger partial charge >= 0.3 is 0 Å². The molecule has 66 valence electrons. The molecule has 2 rings (SSSR count). The standard InChI is InChI=1S/C8H11BrN2O/c9-7-5-11-8(12-7)6-2-1-3-10-4-6/h5-6,10H,1-4H2. The minimum atomic E-state index is 0.463. The lowest BCUT2D eigenvalue weighted by Gasteiger charge is -2.19. The van der Waals surface area contributed by atoms with Gasteiger partial charge in [-0.05, 0) is 35.3 Å². The van der Waals surface area contributed by atoms with Crippen molar-refractivity contribution in [3.8, 4) is 0 Å². The van der Waals surface area contributed by atoms with Gasteiger partial charge in [0.1, 0.15) is 0 Å². The zero-order valence-corrected chi connectivity index (χ0v) is 8.30. The van der Waals surface area contributed by atoms with E-state index >= 15 is 0 Å². The van der Waals surface area contributed by atoms with Gasteiger partial charge in [0.05, 0.1) is 6.20 Å². The van der Waals surface area contributed by atoms with Crippen molar-refractivity contribution in [1.82, 2.24) is 10.3 Å². The fraction of sp³-hybridized carbons (Fsp3) is 0.625. The number of hydrogen-bond donors (Lipinski definition) is 1. The van der Waals surface area contributed by atoms with E-state index < -0.39 is 0 Å². The number of nitrogens with one attached hydrogen (secondary N) is 1. The van der Waals surface area contributed by atoms with Crippen molar-refractivity contribution < 1.29 is 4.42 Å². The summed E-state index contributed by atoms with van der Waals surface area (Å²) in [6, 6.07) is 0. The van der Waals surface area contributed by atoms with Crippen LogP contribution < -0.4 is 5.32 Å². The van der Waals surface area contributed by atoms with Gasteiger partial charge in [0.2, 0.25) is 0 Å². The van der Waals surface area contributed by atoms with Gasteiger partial charge in [-0.15, -0.1) is 0 Å². The van der Waals surface area contributed by atoms with Crippen LogP contribution in [0.1, 0.15) is 24.7 Å². The van der Waals surface area contributed by atoms with Crippen LogP contribution in [0.3, 0.4) is 0 Å². The molecule has 1 atom stereocenters. The highest BCUT2D eigenvalue weighted by Gasteiger charge is 2.19. The summed E-state index contributed by atoms with van der Waals surface area (Å²) >= 11 is 3.25. The third kappa shape index (κ3) is 1.69. The van der Waals surface area contributed by atoms with Gasteiger partial charge in [0.25, 0.3) is 0 Å². The molecule has 1 fully saturated rings. The molecule has 4 heteroatoms. The van der Waals surface area contributed by atoms with Gasteiger partial charge in [-0.1, -0.05) is 0 Å². The fourth-order valence-corrected chi connectivity index (χ4v) is 1.79. The Bertz CT molecular complexity index is 255. The van der Waals surface area contributed by atoms with Crippen molar-refractivity contribution in [3.05, 3.63) is 16.8 Å². The second-order valence-electron chi connectivity index (χ2n) is 3.05. The molecule has 0 bridgehead atoms. The van der Waals surface area contributed by atoms with E-state index in [1.165, 1.54) is 12.8 Å². The van der Waals surface area contributed by atoms with E-state index in [9.17, 15) is 0 Å². The molecular formula is C8H11BrN2O. The fourth-order valence-electron chi connectivity index (χ4n) is 1.52. The van der Waals surface area contributed by atoms with Gasteiger partial charge in [-0.3, -0.25) is 0 Å². The van der Waals surface area contributed by atoms with E-state index in [0.29, 0.717) is 5.92 Å². The Morgan fingerprint density at radius 3 is 3.17 bits per heavy atom. The van der Waals surface area contributed by atoms with Crippen molar-refractivity contribution in [2.75, 3.05) is 13.1 Å².